The number of carbonyl (C=O) groups is 1. The first-order valence-electron chi connectivity index (χ1n) is 9.46. The molecule has 0 aromatic heterocycles. The summed E-state index contributed by atoms with van der Waals surface area (Å²) < 4.78 is 11.6. The lowest BCUT2D eigenvalue weighted by molar-refractivity contribution is 0.0697. The zero-order valence-electron chi connectivity index (χ0n) is 16.6. The van der Waals surface area contributed by atoms with Gasteiger partial charge in [0.2, 0.25) is 0 Å². The highest BCUT2D eigenvalue weighted by Crippen LogP contribution is 2.31. The van der Waals surface area contributed by atoms with Crippen molar-refractivity contribution in [2.24, 2.45) is 0 Å². The molecule has 0 atom stereocenters. The molecule has 0 aliphatic rings. The minimum absolute atomic E-state index is 0.159. The molecule has 3 rings (SSSR count). The van der Waals surface area contributed by atoms with Crippen LogP contribution < -0.4 is 14.8 Å². The summed E-state index contributed by atoms with van der Waals surface area (Å²) in [7, 11) is 0. The number of carboxylic acid groups (broad SMARTS) is 1. The Labute approximate surface area is 195 Å². The molecule has 3 aromatic carbocycles. The van der Waals surface area contributed by atoms with Crippen LogP contribution in [0.5, 0.6) is 11.5 Å². The van der Waals surface area contributed by atoms with Crippen molar-refractivity contribution in [3.8, 4) is 11.5 Å². The Morgan fingerprint density at radius 2 is 1.74 bits per heavy atom. The molecule has 8 heteroatoms. The SMILES string of the molecule is CCOc1cc(CNc2cc(C(=O)O)ccc2Cl)ccc1OCc1ccc(Cl)cc1Cl. The standard InChI is InChI=1S/C23H20Cl3NO4/c1-2-30-22-9-14(12-27-20-10-15(23(28)29)5-7-18(20)25)3-8-21(22)31-13-16-4-6-17(24)11-19(16)26/h3-11,27H,2,12-13H2,1H3,(H,28,29). The highest BCUT2D eigenvalue weighted by Gasteiger charge is 2.11. The van der Waals surface area contributed by atoms with Crippen molar-refractivity contribution in [3.05, 3.63) is 86.4 Å². The molecular weight excluding hydrogens is 461 g/mol. The molecule has 0 radical (unpaired) electrons. The molecule has 0 heterocycles. The number of hydrogen-bond donors (Lipinski definition) is 2. The van der Waals surface area contributed by atoms with Gasteiger partial charge in [-0.3, -0.25) is 0 Å². The van der Waals surface area contributed by atoms with Crippen LogP contribution in [0.3, 0.4) is 0 Å². The third-order valence-corrected chi connectivity index (χ3v) is 5.32. The van der Waals surface area contributed by atoms with E-state index in [4.69, 9.17) is 49.4 Å². The smallest absolute Gasteiger partial charge is 0.335 e. The molecule has 0 bridgehead atoms. The lowest BCUT2D eigenvalue weighted by atomic mass is 10.1. The Morgan fingerprint density at radius 3 is 2.45 bits per heavy atom. The van der Waals surface area contributed by atoms with Gasteiger partial charge in [-0.05, 0) is 55.0 Å². The average molecular weight is 481 g/mol. The summed E-state index contributed by atoms with van der Waals surface area (Å²) in [5.74, 6) is 0.167. The maximum atomic E-state index is 11.2. The number of rotatable bonds is 9. The number of aromatic carboxylic acids is 1. The van der Waals surface area contributed by atoms with E-state index in [1.165, 1.54) is 12.1 Å². The van der Waals surface area contributed by atoms with Crippen molar-refractivity contribution in [1.82, 2.24) is 0 Å². The normalized spacial score (nSPS) is 10.6. The summed E-state index contributed by atoms with van der Waals surface area (Å²) in [6.07, 6.45) is 0. The summed E-state index contributed by atoms with van der Waals surface area (Å²) >= 11 is 18.3. The summed E-state index contributed by atoms with van der Waals surface area (Å²) in [6.45, 7) is 3.06. The van der Waals surface area contributed by atoms with Gasteiger partial charge in [-0.2, -0.15) is 0 Å². The molecule has 0 saturated heterocycles. The number of halogens is 3. The Bertz CT molecular complexity index is 1090. The van der Waals surface area contributed by atoms with Gasteiger partial charge in [-0.15, -0.1) is 0 Å². The third kappa shape index (κ3) is 6.20. The number of hydrogen-bond acceptors (Lipinski definition) is 4. The Hall–Kier alpha value is -2.60. The zero-order chi connectivity index (χ0) is 22.4. The van der Waals surface area contributed by atoms with Gasteiger partial charge in [0.05, 0.1) is 22.9 Å². The average Bonchev–Trinajstić information content (AvgIpc) is 2.73. The van der Waals surface area contributed by atoms with Crippen molar-refractivity contribution in [2.45, 2.75) is 20.1 Å². The van der Waals surface area contributed by atoms with Gasteiger partial charge in [0, 0.05) is 22.2 Å². The van der Waals surface area contributed by atoms with E-state index in [0.29, 0.717) is 45.4 Å². The van der Waals surface area contributed by atoms with Crippen LogP contribution in [0.15, 0.2) is 54.6 Å². The fourth-order valence-electron chi connectivity index (χ4n) is 2.84. The highest BCUT2D eigenvalue weighted by atomic mass is 35.5. The molecule has 0 spiro atoms. The molecular formula is C23H20Cl3NO4. The first-order valence-corrected chi connectivity index (χ1v) is 10.6. The molecule has 31 heavy (non-hydrogen) atoms. The first-order chi connectivity index (χ1) is 14.9. The van der Waals surface area contributed by atoms with E-state index >= 15 is 0 Å². The monoisotopic (exact) mass is 479 g/mol. The minimum Gasteiger partial charge on any atom is -0.490 e. The second-order valence-corrected chi connectivity index (χ2v) is 7.84. The van der Waals surface area contributed by atoms with Gasteiger partial charge < -0.3 is 19.9 Å². The molecule has 0 saturated carbocycles. The molecule has 5 nitrogen and oxygen atoms in total. The quantitative estimate of drug-likeness (QED) is 0.347. The van der Waals surface area contributed by atoms with Gasteiger partial charge in [0.25, 0.3) is 0 Å². The number of nitrogens with one attached hydrogen (secondary N) is 1. The van der Waals surface area contributed by atoms with Crippen LogP contribution in [-0.2, 0) is 13.2 Å². The lowest BCUT2D eigenvalue weighted by Crippen LogP contribution is -2.04. The Morgan fingerprint density at radius 1 is 0.935 bits per heavy atom. The largest absolute Gasteiger partial charge is 0.490 e. The highest BCUT2D eigenvalue weighted by molar-refractivity contribution is 6.35. The van der Waals surface area contributed by atoms with Crippen molar-refractivity contribution in [1.29, 1.82) is 0 Å². The van der Waals surface area contributed by atoms with Crippen molar-refractivity contribution < 1.29 is 19.4 Å². The summed E-state index contributed by atoms with van der Waals surface area (Å²) in [4.78, 5) is 11.2. The van der Waals surface area contributed by atoms with Crippen LogP contribution in [0.4, 0.5) is 5.69 Å². The fraction of sp³-hybridized carbons (Fsp3) is 0.174. The summed E-state index contributed by atoms with van der Waals surface area (Å²) in [6, 6.07) is 15.3. The van der Waals surface area contributed by atoms with Crippen LogP contribution >= 0.6 is 34.8 Å². The lowest BCUT2D eigenvalue weighted by Gasteiger charge is -2.15. The fourth-order valence-corrected chi connectivity index (χ4v) is 3.48. The predicted octanol–water partition coefficient (Wildman–Crippen LogP) is 6.93. The molecule has 0 aliphatic heterocycles. The number of carboxylic acids is 1. The Kier molecular flexibility index (Phi) is 7.91. The first kappa shape index (κ1) is 23.1. The summed E-state index contributed by atoms with van der Waals surface area (Å²) in [5.41, 5.74) is 2.42. The van der Waals surface area contributed by atoms with Gasteiger partial charge in [-0.1, -0.05) is 46.9 Å². The van der Waals surface area contributed by atoms with Crippen LogP contribution in [0.1, 0.15) is 28.4 Å². The van der Waals surface area contributed by atoms with E-state index < -0.39 is 5.97 Å². The van der Waals surface area contributed by atoms with Crippen LogP contribution in [-0.4, -0.2) is 17.7 Å². The van der Waals surface area contributed by atoms with Crippen LogP contribution in [0.2, 0.25) is 15.1 Å². The molecule has 0 aliphatic carbocycles. The second-order valence-electron chi connectivity index (χ2n) is 6.59. The minimum atomic E-state index is -1.01. The molecule has 2 N–H and O–H groups in total. The van der Waals surface area contributed by atoms with Crippen LogP contribution in [0.25, 0.3) is 0 Å². The maximum absolute atomic E-state index is 11.2. The topological polar surface area (TPSA) is 67.8 Å². The zero-order valence-corrected chi connectivity index (χ0v) is 18.9. The van der Waals surface area contributed by atoms with E-state index in [1.807, 2.05) is 31.2 Å². The molecule has 0 unspecified atom stereocenters. The van der Waals surface area contributed by atoms with Crippen molar-refractivity contribution in [3.63, 3.8) is 0 Å². The molecule has 3 aromatic rings. The number of benzene rings is 3. The molecule has 0 fully saturated rings. The predicted molar refractivity (Wildman–Crippen MR) is 124 cm³/mol. The van der Waals surface area contributed by atoms with Crippen molar-refractivity contribution in [2.75, 3.05) is 11.9 Å². The summed E-state index contributed by atoms with van der Waals surface area (Å²) in [5, 5.41) is 13.9. The van der Waals surface area contributed by atoms with Crippen molar-refractivity contribution >= 4 is 46.5 Å². The Balaban J connectivity index is 1.72. The molecule has 162 valence electrons. The van der Waals surface area contributed by atoms with E-state index in [1.54, 1.807) is 18.2 Å². The number of ether oxygens (including phenoxy) is 2. The third-order valence-electron chi connectivity index (χ3n) is 4.40. The van der Waals surface area contributed by atoms with E-state index in [2.05, 4.69) is 5.32 Å². The van der Waals surface area contributed by atoms with Gasteiger partial charge >= 0.3 is 5.97 Å². The molecule has 0 amide bonds. The maximum Gasteiger partial charge on any atom is 0.335 e. The van der Waals surface area contributed by atoms with Gasteiger partial charge in [0.15, 0.2) is 11.5 Å². The van der Waals surface area contributed by atoms with Gasteiger partial charge in [0.1, 0.15) is 6.61 Å². The van der Waals surface area contributed by atoms with E-state index in [-0.39, 0.29) is 12.2 Å². The van der Waals surface area contributed by atoms with Gasteiger partial charge in [-0.25, -0.2) is 4.79 Å². The van der Waals surface area contributed by atoms with E-state index in [0.717, 1.165) is 11.1 Å². The van der Waals surface area contributed by atoms with E-state index in [9.17, 15) is 4.79 Å². The second kappa shape index (κ2) is 10.6. The number of anilines is 1. The van der Waals surface area contributed by atoms with Crippen LogP contribution in [0, 0.1) is 0 Å².